The molecule has 2 aromatic rings. The Morgan fingerprint density at radius 3 is 2.33 bits per heavy atom. The van der Waals surface area contributed by atoms with Crippen LogP contribution < -0.4 is 10.6 Å². The minimum atomic E-state index is -4.64. The fourth-order valence-corrected chi connectivity index (χ4v) is 3.36. The van der Waals surface area contributed by atoms with Crippen LogP contribution in [-0.4, -0.2) is 23.7 Å². The summed E-state index contributed by atoms with van der Waals surface area (Å²) < 4.78 is 41.7. The van der Waals surface area contributed by atoms with E-state index in [-0.39, 0.29) is 30.1 Å². The third kappa shape index (κ3) is 6.23. The van der Waals surface area contributed by atoms with Crippen LogP contribution in [0.2, 0.25) is 0 Å². The molecule has 0 aliphatic carbocycles. The Hall–Kier alpha value is -3.58. The predicted octanol–water partition coefficient (Wildman–Crippen LogP) is 6.14. The van der Waals surface area contributed by atoms with E-state index in [0.29, 0.717) is 5.69 Å². The van der Waals surface area contributed by atoms with Crippen LogP contribution in [0, 0.1) is 0 Å². The lowest BCUT2D eigenvalue weighted by Crippen LogP contribution is -2.27. The fraction of sp³-hybridized carbons (Fsp3) is 0.192. The van der Waals surface area contributed by atoms with Gasteiger partial charge < -0.3 is 15.7 Å². The molecule has 4 nitrogen and oxygen atoms in total. The van der Waals surface area contributed by atoms with Gasteiger partial charge in [-0.05, 0) is 42.7 Å². The van der Waals surface area contributed by atoms with Crippen molar-refractivity contribution in [2.45, 2.75) is 25.6 Å². The van der Waals surface area contributed by atoms with Crippen molar-refractivity contribution in [3.05, 3.63) is 108 Å². The lowest BCUT2D eigenvalue weighted by Gasteiger charge is -2.24. The molecular formula is C26H26F3N3O. The number of aliphatic imine (C=N–C) groups is 1. The first-order valence-electron chi connectivity index (χ1n) is 10.4. The molecule has 0 amide bonds. The number of nitrogens with zero attached hydrogens (tertiary/aromatic N) is 1. The number of aliphatic hydroxyl groups excluding tert-OH is 1. The average Bonchev–Trinajstić information content (AvgIpc) is 2.93. The first-order valence-corrected chi connectivity index (χ1v) is 10.4. The largest absolute Gasteiger partial charge is 0.419 e. The number of hydrogen-bond donors (Lipinski definition) is 3. The first kappa shape index (κ1) is 24.1. The van der Waals surface area contributed by atoms with E-state index in [2.05, 4.69) is 28.8 Å². The molecule has 1 unspecified atom stereocenters. The van der Waals surface area contributed by atoms with Crippen LogP contribution in [0.1, 0.15) is 30.5 Å². The molecule has 1 aliphatic heterocycles. The second kappa shape index (κ2) is 10.4. The van der Waals surface area contributed by atoms with Gasteiger partial charge in [0.05, 0.1) is 11.6 Å². The van der Waals surface area contributed by atoms with Crippen molar-refractivity contribution < 1.29 is 18.3 Å². The summed E-state index contributed by atoms with van der Waals surface area (Å²) in [5.41, 5.74) is 2.50. The molecule has 0 radical (unpaired) electrons. The highest BCUT2D eigenvalue weighted by Gasteiger charge is 2.38. The van der Waals surface area contributed by atoms with Gasteiger partial charge in [0.15, 0.2) is 0 Å². The minimum absolute atomic E-state index is 0.159. The van der Waals surface area contributed by atoms with Crippen LogP contribution in [0.5, 0.6) is 0 Å². The molecule has 1 heterocycles. The van der Waals surface area contributed by atoms with E-state index in [9.17, 15) is 18.3 Å². The Labute approximate surface area is 191 Å². The molecule has 1 aliphatic rings. The highest BCUT2D eigenvalue weighted by atomic mass is 19.4. The molecular weight excluding hydrogens is 427 g/mol. The van der Waals surface area contributed by atoms with Crippen molar-refractivity contribution in [1.82, 2.24) is 5.32 Å². The third-order valence-corrected chi connectivity index (χ3v) is 5.13. The van der Waals surface area contributed by atoms with Crippen molar-refractivity contribution >= 4 is 17.1 Å². The molecule has 172 valence electrons. The van der Waals surface area contributed by atoms with Gasteiger partial charge in [-0.2, -0.15) is 13.2 Å². The maximum absolute atomic E-state index is 13.9. The summed E-state index contributed by atoms with van der Waals surface area (Å²) in [7, 11) is 0. The average molecular weight is 454 g/mol. The van der Waals surface area contributed by atoms with Crippen LogP contribution in [0.4, 0.5) is 18.9 Å². The van der Waals surface area contributed by atoms with Gasteiger partial charge in [0.25, 0.3) is 0 Å². The zero-order chi connectivity index (χ0) is 24.0. The maximum Gasteiger partial charge on any atom is 0.419 e. The smallest absolute Gasteiger partial charge is 0.396 e. The monoisotopic (exact) mass is 453 g/mol. The van der Waals surface area contributed by atoms with E-state index in [1.807, 2.05) is 25.1 Å². The van der Waals surface area contributed by atoms with Crippen LogP contribution in [0.3, 0.4) is 0 Å². The minimum Gasteiger partial charge on any atom is -0.396 e. The van der Waals surface area contributed by atoms with Gasteiger partial charge in [0, 0.05) is 29.8 Å². The van der Waals surface area contributed by atoms with Gasteiger partial charge in [0.2, 0.25) is 0 Å². The Morgan fingerprint density at radius 2 is 1.76 bits per heavy atom. The molecule has 0 saturated heterocycles. The van der Waals surface area contributed by atoms with Crippen LogP contribution in [0.25, 0.3) is 5.57 Å². The quantitative estimate of drug-likeness (QED) is 0.472. The van der Waals surface area contributed by atoms with E-state index in [1.54, 1.807) is 36.4 Å². The summed E-state index contributed by atoms with van der Waals surface area (Å²) in [6.45, 7) is 9.51. The molecule has 0 saturated carbocycles. The molecule has 0 bridgehead atoms. The van der Waals surface area contributed by atoms with Gasteiger partial charge in [-0.3, -0.25) is 0 Å². The Balaban J connectivity index is 1.91. The highest BCUT2D eigenvalue weighted by Crippen LogP contribution is 2.34. The lowest BCUT2D eigenvalue weighted by molar-refractivity contribution is -0.0901. The third-order valence-electron chi connectivity index (χ3n) is 5.13. The lowest BCUT2D eigenvalue weighted by atomic mass is 10.0. The zero-order valence-electron chi connectivity index (χ0n) is 18.3. The number of allylic oxidation sites excluding steroid dienone is 2. The number of benzene rings is 2. The normalized spacial score (nSPS) is 15.1. The van der Waals surface area contributed by atoms with Crippen molar-refractivity contribution in [3.63, 3.8) is 0 Å². The molecule has 0 aromatic heterocycles. The van der Waals surface area contributed by atoms with Gasteiger partial charge in [0.1, 0.15) is 5.84 Å². The number of halogens is 3. The van der Waals surface area contributed by atoms with E-state index >= 15 is 0 Å². The van der Waals surface area contributed by atoms with Crippen molar-refractivity contribution in [2.75, 3.05) is 11.9 Å². The first-order chi connectivity index (χ1) is 15.7. The Morgan fingerprint density at radius 1 is 1.09 bits per heavy atom. The number of alkyl halides is 3. The van der Waals surface area contributed by atoms with Gasteiger partial charge >= 0.3 is 6.18 Å². The summed E-state index contributed by atoms with van der Waals surface area (Å²) >= 11 is 0. The van der Waals surface area contributed by atoms with Crippen molar-refractivity contribution in [1.29, 1.82) is 0 Å². The standard InChI is InChI=1S/C26H26F3N3O/c1-17(2)19-9-11-21(12-10-19)31-25-18(3)15-24(22(16-30-25)26(27,28)29)32-23(13-14-33)20-7-5-4-6-8-20/h4-12,15-16,23,32-33H,1,3,13-14H2,2H3,(H,30,31). The fourth-order valence-electron chi connectivity index (χ4n) is 3.36. The van der Waals surface area contributed by atoms with E-state index < -0.39 is 17.8 Å². The highest BCUT2D eigenvalue weighted by molar-refractivity contribution is 6.10. The van der Waals surface area contributed by atoms with Crippen LogP contribution in [-0.2, 0) is 0 Å². The number of aliphatic hydroxyl groups is 1. The zero-order valence-corrected chi connectivity index (χ0v) is 18.3. The molecule has 3 N–H and O–H groups in total. The van der Waals surface area contributed by atoms with Gasteiger partial charge in [-0.15, -0.1) is 0 Å². The summed E-state index contributed by atoms with van der Waals surface area (Å²) in [5, 5.41) is 15.5. The Kier molecular flexibility index (Phi) is 7.55. The molecule has 7 heteroatoms. The van der Waals surface area contributed by atoms with Crippen LogP contribution >= 0.6 is 0 Å². The molecule has 33 heavy (non-hydrogen) atoms. The van der Waals surface area contributed by atoms with Crippen molar-refractivity contribution in [2.24, 2.45) is 4.99 Å². The molecule has 3 rings (SSSR count). The molecule has 2 aromatic carbocycles. The second-order valence-electron chi connectivity index (χ2n) is 7.70. The molecule has 0 spiro atoms. The van der Waals surface area contributed by atoms with Gasteiger partial charge in [-0.25, -0.2) is 4.99 Å². The van der Waals surface area contributed by atoms with E-state index in [4.69, 9.17) is 0 Å². The predicted molar refractivity (Wildman–Crippen MR) is 128 cm³/mol. The Bertz CT molecular complexity index is 1100. The number of anilines is 1. The van der Waals surface area contributed by atoms with E-state index in [0.717, 1.165) is 22.9 Å². The summed E-state index contributed by atoms with van der Waals surface area (Å²) in [6.07, 6.45) is -2.28. The number of amidine groups is 1. The number of hydrogen-bond acceptors (Lipinski definition) is 4. The second-order valence-corrected chi connectivity index (χ2v) is 7.70. The SMILES string of the molecule is C=C1C=C(NC(CCO)c2ccccc2)C(C(F)(F)F)=CN=C1Nc1ccc(C(=C)C)cc1. The summed E-state index contributed by atoms with van der Waals surface area (Å²) in [4.78, 5) is 4.05. The topological polar surface area (TPSA) is 56.6 Å². The number of nitrogens with one attached hydrogen (secondary N) is 2. The van der Waals surface area contributed by atoms with Crippen molar-refractivity contribution in [3.8, 4) is 0 Å². The maximum atomic E-state index is 13.9. The van der Waals surface area contributed by atoms with Crippen LogP contribution in [0.15, 0.2) is 102 Å². The van der Waals surface area contributed by atoms with E-state index in [1.165, 1.54) is 6.08 Å². The molecule has 0 fully saturated rings. The molecule has 1 atom stereocenters. The summed E-state index contributed by atoms with van der Waals surface area (Å²) in [5.74, 6) is 0.204. The summed E-state index contributed by atoms with van der Waals surface area (Å²) in [6, 6.07) is 15.8. The van der Waals surface area contributed by atoms with Gasteiger partial charge in [-0.1, -0.05) is 61.2 Å². The number of rotatable bonds is 7.